The van der Waals surface area contributed by atoms with Gasteiger partial charge in [0, 0.05) is 18.8 Å². The molecule has 6 nitrogen and oxygen atoms in total. The molecule has 1 aliphatic carbocycles. The van der Waals surface area contributed by atoms with Crippen molar-refractivity contribution < 1.29 is 19.1 Å². The molecule has 0 bridgehead atoms. The van der Waals surface area contributed by atoms with Gasteiger partial charge in [-0.3, -0.25) is 9.78 Å². The molecular formula is C20H24N2O4. The predicted molar refractivity (Wildman–Crippen MR) is 95.0 cm³/mol. The number of likely N-dealkylation sites (tertiary alicyclic amines) is 1. The van der Waals surface area contributed by atoms with Crippen molar-refractivity contribution in [2.45, 2.75) is 38.9 Å². The van der Waals surface area contributed by atoms with Crippen molar-refractivity contribution in [3.63, 3.8) is 0 Å². The summed E-state index contributed by atoms with van der Waals surface area (Å²) in [4.78, 5) is 18.8. The van der Waals surface area contributed by atoms with Gasteiger partial charge in [-0.05, 0) is 62.8 Å². The van der Waals surface area contributed by atoms with Gasteiger partial charge < -0.3 is 19.2 Å². The Morgan fingerprint density at radius 3 is 2.69 bits per heavy atom. The zero-order chi connectivity index (χ0) is 18.3. The van der Waals surface area contributed by atoms with Crippen molar-refractivity contribution in [2.75, 3.05) is 13.1 Å². The Balaban J connectivity index is 1.43. The van der Waals surface area contributed by atoms with Crippen LogP contribution in [0.3, 0.4) is 0 Å². The molecule has 138 valence electrons. The van der Waals surface area contributed by atoms with Crippen LogP contribution in [0.1, 0.15) is 34.8 Å². The van der Waals surface area contributed by atoms with Crippen LogP contribution < -0.4 is 4.74 Å². The first-order valence-electron chi connectivity index (χ1n) is 9.13. The number of rotatable bonds is 3. The van der Waals surface area contributed by atoms with Gasteiger partial charge in [0.2, 0.25) is 0 Å². The van der Waals surface area contributed by atoms with Crippen molar-refractivity contribution in [3.05, 3.63) is 47.7 Å². The van der Waals surface area contributed by atoms with E-state index >= 15 is 0 Å². The summed E-state index contributed by atoms with van der Waals surface area (Å²) in [6, 6.07) is 7.25. The molecule has 1 aliphatic heterocycles. The van der Waals surface area contributed by atoms with Gasteiger partial charge in [0.15, 0.2) is 5.76 Å². The number of nitrogens with zero attached hydrogens (tertiary/aromatic N) is 2. The molecule has 1 saturated carbocycles. The van der Waals surface area contributed by atoms with Crippen LogP contribution in [-0.4, -0.2) is 46.2 Å². The molecule has 26 heavy (non-hydrogen) atoms. The molecule has 2 aromatic heterocycles. The maximum atomic E-state index is 12.5. The first-order valence-corrected chi connectivity index (χ1v) is 9.13. The largest absolute Gasteiger partial charge is 0.486 e. The number of amides is 1. The number of aryl methyl sites for hydroxylation is 2. The highest BCUT2D eigenvalue weighted by molar-refractivity contribution is 5.91. The third-order valence-corrected chi connectivity index (χ3v) is 5.56. The van der Waals surface area contributed by atoms with E-state index in [1.165, 1.54) is 6.26 Å². The summed E-state index contributed by atoms with van der Waals surface area (Å²) in [7, 11) is 0. The van der Waals surface area contributed by atoms with Crippen molar-refractivity contribution >= 4 is 5.91 Å². The number of pyridine rings is 1. The Labute approximate surface area is 152 Å². The molecule has 2 aromatic rings. The third-order valence-electron chi connectivity index (χ3n) is 5.56. The maximum Gasteiger partial charge on any atom is 0.289 e. The Morgan fingerprint density at radius 1 is 1.23 bits per heavy atom. The molecule has 4 rings (SSSR count). The average molecular weight is 356 g/mol. The molecule has 2 aliphatic rings. The number of hydrogen-bond donors (Lipinski definition) is 1. The van der Waals surface area contributed by atoms with Crippen molar-refractivity contribution in [1.29, 1.82) is 0 Å². The maximum absolute atomic E-state index is 12.5. The van der Waals surface area contributed by atoms with Crippen molar-refractivity contribution in [1.82, 2.24) is 9.88 Å². The summed E-state index contributed by atoms with van der Waals surface area (Å²) in [5.41, 5.74) is 1.78. The highest BCUT2D eigenvalue weighted by Crippen LogP contribution is 2.38. The number of aliphatic hydroxyl groups excluding tert-OH is 1. The van der Waals surface area contributed by atoms with E-state index < -0.39 is 6.10 Å². The first-order chi connectivity index (χ1) is 12.5. The molecule has 0 unspecified atom stereocenters. The fourth-order valence-corrected chi connectivity index (χ4v) is 4.20. The summed E-state index contributed by atoms with van der Waals surface area (Å²) in [6.45, 7) is 5.21. The topological polar surface area (TPSA) is 75.8 Å². The normalized spacial score (nSPS) is 28.0. The number of furan rings is 1. The summed E-state index contributed by atoms with van der Waals surface area (Å²) < 4.78 is 11.3. The Morgan fingerprint density at radius 2 is 2.00 bits per heavy atom. The van der Waals surface area contributed by atoms with E-state index in [0.717, 1.165) is 23.6 Å². The fraction of sp³-hybridized carbons (Fsp3) is 0.500. The number of fused-ring (bicyclic) bond motifs is 1. The molecular weight excluding hydrogens is 332 g/mol. The molecule has 0 spiro atoms. The standard InChI is InChI=1S/C20H24N2O4/c1-12-5-6-17(13(2)21-12)26-19-9-15-11-22(10-14(15)8-16(19)23)20(24)18-4-3-7-25-18/h3-7,14-16,19,23H,8-11H2,1-2H3/t14-,15+,16+,19+/m0/s1. The molecule has 3 heterocycles. The summed E-state index contributed by atoms with van der Waals surface area (Å²) >= 11 is 0. The van der Waals surface area contributed by atoms with E-state index in [1.807, 2.05) is 30.9 Å². The van der Waals surface area contributed by atoms with Gasteiger partial charge in [0.1, 0.15) is 11.9 Å². The molecule has 1 saturated heterocycles. The summed E-state index contributed by atoms with van der Waals surface area (Å²) in [5.74, 6) is 1.66. The van der Waals surface area contributed by atoms with Gasteiger partial charge in [0.25, 0.3) is 5.91 Å². The van der Waals surface area contributed by atoms with Crippen LogP contribution in [0.25, 0.3) is 0 Å². The fourth-order valence-electron chi connectivity index (χ4n) is 4.20. The monoisotopic (exact) mass is 356 g/mol. The molecule has 2 fully saturated rings. The van der Waals surface area contributed by atoms with Crippen LogP contribution in [0.5, 0.6) is 5.75 Å². The van der Waals surface area contributed by atoms with E-state index in [4.69, 9.17) is 9.15 Å². The Hall–Kier alpha value is -2.34. The van der Waals surface area contributed by atoms with Crippen molar-refractivity contribution in [2.24, 2.45) is 11.8 Å². The highest BCUT2D eigenvalue weighted by Gasteiger charge is 2.44. The average Bonchev–Trinajstić information content (AvgIpc) is 3.26. The van der Waals surface area contributed by atoms with E-state index in [2.05, 4.69) is 4.98 Å². The van der Waals surface area contributed by atoms with Gasteiger partial charge in [-0.25, -0.2) is 0 Å². The number of aliphatic hydroxyl groups is 1. The lowest BCUT2D eigenvalue weighted by atomic mass is 9.78. The van der Waals surface area contributed by atoms with Crippen LogP contribution in [0.15, 0.2) is 34.9 Å². The van der Waals surface area contributed by atoms with Crippen LogP contribution in [0, 0.1) is 25.7 Å². The SMILES string of the molecule is Cc1ccc(O[C@@H]2C[C@@H]3CN(C(=O)c4ccco4)C[C@@H]3C[C@H]2O)c(C)n1. The lowest BCUT2D eigenvalue weighted by molar-refractivity contribution is -0.0236. The Kier molecular flexibility index (Phi) is 4.44. The summed E-state index contributed by atoms with van der Waals surface area (Å²) in [6.07, 6.45) is 2.10. The molecule has 1 amide bonds. The quantitative estimate of drug-likeness (QED) is 0.915. The zero-order valence-corrected chi connectivity index (χ0v) is 15.1. The molecule has 1 N–H and O–H groups in total. The minimum absolute atomic E-state index is 0.0741. The zero-order valence-electron chi connectivity index (χ0n) is 15.1. The third kappa shape index (κ3) is 3.21. The van der Waals surface area contributed by atoms with Crippen LogP contribution in [-0.2, 0) is 0 Å². The van der Waals surface area contributed by atoms with Gasteiger partial charge in [-0.1, -0.05) is 0 Å². The van der Waals surface area contributed by atoms with Gasteiger partial charge in [0.05, 0.1) is 18.1 Å². The van der Waals surface area contributed by atoms with Gasteiger partial charge in [-0.2, -0.15) is 0 Å². The lowest BCUT2D eigenvalue weighted by Crippen LogP contribution is -2.42. The molecule has 4 atom stereocenters. The van der Waals surface area contributed by atoms with E-state index in [0.29, 0.717) is 37.1 Å². The minimum atomic E-state index is -0.532. The molecule has 0 aromatic carbocycles. The number of ether oxygens (including phenoxy) is 1. The predicted octanol–water partition coefficient (Wildman–Crippen LogP) is 2.58. The second kappa shape index (κ2) is 6.76. The molecule has 0 radical (unpaired) electrons. The van der Waals surface area contributed by atoms with Gasteiger partial charge >= 0.3 is 0 Å². The first kappa shape index (κ1) is 17.1. The number of hydrogen-bond acceptors (Lipinski definition) is 5. The van der Waals surface area contributed by atoms with Crippen LogP contribution >= 0.6 is 0 Å². The second-order valence-electron chi connectivity index (χ2n) is 7.44. The summed E-state index contributed by atoms with van der Waals surface area (Å²) in [5, 5.41) is 10.6. The van der Waals surface area contributed by atoms with E-state index in [1.54, 1.807) is 12.1 Å². The smallest absolute Gasteiger partial charge is 0.289 e. The van der Waals surface area contributed by atoms with Crippen LogP contribution in [0.4, 0.5) is 0 Å². The minimum Gasteiger partial charge on any atom is -0.486 e. The van der Waals surface area contributed by atoms with E-state index in [-0.39, 0.29) is 12.0 Å². The lowest BCUT2D eigenvalue weighted by Gasteiger charge is -2.35. The number of carbonyl (C=O) groups is 1. The van der Waals surface area contributed by atoms with Crippen LogP contribution in [0.2, 0.25) is 0 Å². The Bertz CT molecular complexity index is 789. The number of aromatic nitrogens is 1. The highest BCUT2D eigenvalue weighted by atomic mass is 16.5. The molecule has 6 heteroatoms. The van der Waals surface area contributed by atoms with Crippen molar-refractivity contribution in [3.8, 4) is 5.75 Å². The van der Waals surface area contributed by atoms with Gasteiger partial charge in [-0.15, -0.1) is 0 Å². The second-order valence-corrected chi connectivity index (χ2v) is 7.44. The van der Waals surface area contributed by atoms with E-state index in [9.17, 15) is 9.90 Å². The number of carbonyl (C=O) groups excluding carboxylic acids is 1.